The standard InChI is InChI=1S/C16H20N2O2/c1-11-6-7-12(2)14(9-11)18-16(19)10-17-13(3)15-5-4-8-20-15/h4-9,13,17H,10H2,1-3H3,(H,18,19)/p+1/t13-/m0/s1. The lowest BCUT2D eigenvalue weighted by molar-refractivity contribution is -0.684. The molecule has 106 valence electrons. The van der Waals surface area contributed by atoms with E-state index in [0.717, 1.165) is 22.6 Å². The van der Waals surface area contributed by atoms with Gasteiger partial charge in [-0.25, -0.2) is 0 Å². The van der Waals surface area contributed by atoms with E-state index in [1.54, 1.807) is 6.26 Å². The smallest absolute Gasteiger partial charge is 0.279 e. The van der Waals surface area contributed by atoms with Gasteiger partial charge in [0.1, 0.15) is 6.04 Å². The van der Waals surface area contributed by atoms with Crippen LogP contribution >= 0.6 is 0 Å². The normalized spacial score (nSPS) is 12.2. The zero-order valence-corrected chi connectivity index (χ0v) is 12.1. The predicted molar refractivity (Wildman–Crippen MR) is 78.5 cm³/mol. The Hall–Kier alpha value is -2.07. The van der Waals surface area contributed by atoms with E-state index in [2.05, 4.69) is 5.32 Å². The predicted octanol–water partition coefficient (Wildman–Crippen LogP) is 2.16. The number of carbonyl (C=O) groups excluding carboxylic acids is 1. The summed E-state index contributed by atoms with van der Waals surface area (Å²) in [6.45, 7) is 6.39. The number of amides is 1. The van der Waals surface area contributed by atoms with E-state index in [-0.39, 0.29) is 11.9 Å². The van der Waals surface area contributed by atoms with E-state index in [1.807, 2.05) is 56.4 Å². The zero-order chi connectivity index (χ0) is 14.5. The van der Waals surface area contributed by atoms with Gasteiger partial charge in [0.2, 0.25) is 0 Å². The average molecular weight is 273 g/mol. The Morgan fingerprint density at radius 2 is 2.15 bits per heavy atom. The Morgan fingerprint density at radius 1 is 1.35 bits per heavy atom. The highest BCUT2D eigenvalue weighted by Gasteiger charge is 2.14. The van der Waals surface area contributed by atoms with Crippen molar-refractivity contribution in [1.29, 1.82) is 0 Å². The van der Waals surface area contributed by atoms with Crippen LogP contribution in [0.1, 0.15) is 29.9 Å². The minimum absolute atomic E-state index is 0.00268. The van der Waals surface area contributed by atoms with Gasteiger partial charge in [0.05, 0.1) is 6.26 Å². The molecule has 0 fully saturated rings. The highest BCUT2D eigenvalue weighted by atomic mass is 16.3. The van der Waals surface area contributed by atoms with Crippen LogP contribution in [0.3, 0.4) is 0 Å². The van der Waals surface area contributed by atoms with Gasteiger partial charge in [0.25, 0.3) is 5.91 Å². The molecule has 0 bridgehead atoms. The van der Waals surface area contributed by atoms with Crippen LogP contribution in [0.25, 0.3) is 0 Å². The summed E-state index contributed by atoms with van der Waals surface area (Å²) in [5.74, 6) is 0.877. The molecule has 0 aliphatic heterocycles. The van der Waals surface area contributed by atoms with Crippen LogP contribution in [-0.4, -0.2) is 12.5 Å². The minimum Gasteiger partial charge on any atom is -0.463 e. The summed E-state index contributed by atoms with van der Waals surface area (Å²) >= 11 is 0. The van der Waals surface area contributed by atoms with E-state index in [4.69, 9.17) is 4.42 Å². The molecule has 1 aromatic carbocycles. The SMILES string of the molecule is Cc1ccc(C)c(NC(=O)C[NH2+][C@@H](C)c2ccco2)c1. The van der Waals surface area contributed by atoms with E-state index < -0.39 is 0 Å². The van der Waals surface area contributed by atoms with Crippen LogP contribution in [0.15, 0.2) is 41.0 Å². The second kappa shape index (κ2) is 6.39. The van der Waals surface area contributed by atoms with Crippen molar-refractivity contribution in [2.45, 2.75) is 26.8 Å². The van der Waals surface area contributed by atoms with Crippen molar-refractivity contribution in [3.05, 3.63) is 53.5 Å². The highest BCUT2D eigenvalue weighted by Crippen LogP contribution is 2.15. The lowest BCUT2D eigenvalue weighted by Crippen LogP contribution is -2.86. The van der Waals surface area contributed by atoms with Gasteiger partial charge in [-0.05, 0) is 50.1 Å². The molecule has 20 heavy (non-hydrogen) atoms. The second-order valence-corrected chi connectivity index (χ2v) is 5.11. The molecule has 0 saturated heterocycles. The number of quaternary nitrogens is 1. The van der Waals surface area contributed by atoms with Crippen molar-refractivity contribution in [3.8, 4) is 0 Å². The van der Waals surface area contributed by atoms with Gasteiger partial charge in [-0.3, -0.25) is 4.79 Å². The summed E-state index contributed by atoms with van der Waals surface area (Å²) in [4.78, 5) is 12.0. The molecule has 3 N–H and O–H groups in total. The fourth-order valence-electron chi connectivity index (χ4n) is 2.02. The number of hydrogen-bond acceptors (Lipinski definition) is 2. The Bertz CT molecular complexity index is 576. The van der Waals surface area contributed by atoms with Crippen molar-refractivity contribution >= 4 is 11.6 Å². The van der Waals surface area contributed by atoms with E-state index >= 15 is 0 Å². The Labute approximate surface area is 119 Å². The van der Waals surface area contributed by atoms with Crippen molar-refractivity contribution < 1.29 is 14.5 Å². The van der Waals surface area contributed by atoms with Crippen LogP contribution in [0, 0.1) is 13.8 Å². The summed E-state index contributed by atoms with van der Waals surface area (Å²) in [5, 5.41) is 4.91. The van der Waals surface area contributed by atoms with E-state index in [0.29, 0.717) is 6.54 Å². The van der Waals surface area contributed by atoms with E-state index in [1.165, 1.54) is 0 Å². The molecule has 1 aromatic heterocycles. The fourth-order valence-corrected chi connectivity index (χ4v) is 2.02. The minimum atomic E-state index is -0.00268. The molecule has 0 saturated carbocycles. The number of nitrogens with two attached hydrogens (primary N) is 1. The molecule has 2 aromatic rings. The largest absolute Gasteiger partial charge is 0.463 e. The van der Waals surface area contributed by atoms with Gasteiger partial charge in [0.15, 0.2) is 12.3 Å². The first-order valence-corrected chi connectivity index (χ1v) is 6.80. The molecule has 4 heteroatoms. The van der Waals surface area contributed by atoms with Crippen LogP contribution in [-0.2, 0) is 4.79 Å². The molecule has 0 aliphatic rings. The molecule has 1 heterocycles. The molecule has 0 spiro atoms. The number of nitrogens with one attached hydrogen (secondary N) is 1. The summed E-state index contributed by atoms with van der Waals surface area (Å²) in [6, 6.07) is 9.95. The first-order valence-electron chi connectivity index (χ1n) is 6.80. The summed E-state index contributed by atoms with van der Waals surface area (Å²) in [7, 11) is 0. The van der Waals surface area contributed by atoms with Gasteiger partial charge in [-0.1, -0.05) is 12.1 Å². The molecular weight excluding hydrogens is 252 g/mol. The lowest BCUT2D eigenvalue weighted by Gasteiger charge is -2.10. The molecular formula is C16H21N2O2+. The van der Waals surface area contributed by atoms with Crippen molar-refractivity contribution in [1.82, 2.24) is 0 Å². The number of anilines is 1. The van der Waals surface area contributed by atoms with Crippen LogP contribution in [0.4, 0.5) is 5.69 Å². The first-order chi connectivity index (χ1) is 9.56. The van der Waals surface area contributed by atoms with Crippen LogP contribution < -0.4 is 10.6 Å². The van der Waals surface area contributed by atoms with Gasteiger partial charge >= 0.3 is 0 Å². The van der Waals surface area contributed by atoms with Crippen LogP contribution in [0.5, 0.6) is 0 Å². The quantitative estimate of drug-likeness (QED) is 0.877. The molecule has 0 radical (unpaired) electrons. The summed E-state index contributed by atoms with van der Waals surface area (Å²) < 4.78 is 5.32. The van der Waals surface area contributed by atoms with E-state index in [9.17, 15) is 4.79 Å². The summed E-state index contributed by atoms with van der Waals surface area (Å²) in [5.41, 5.74) is 3.09. The number of hydrogen-bond donors (Lipinski definition) is 2. The average Bonchev–Trinajstić information content (AvgIpc) is 2.94. The molecule has 0 aliphatic carbocycles. The maximum absolute atomic E-state index is 12.0. The monoisotopic (exact) mass is 273 g/mol. The lowest BCUT2D eigenvalue weighted by atomic mass is 10.1. The summed E-state index contributed by atoms with van der Waals surface area (Å²) in [6.07, 6.45) is 1.65. The number of carbonyl (C=O) groups is 1. The molecule has 2 rings (SSSR count). The third kappa shape index (κ3) is 3.71. The van der Waals surface area contributed by atoms with Crippen LogP contribution in [0.2, 0.25) is 0 Å². The van der Waals surface area contributed by atoms with Crippen molar-refractivity contribution in [2.75, 3.05) is 11.9 Å². The molecule has 1 amide bonds. The molecule has 1 atom stereocenters. The van der Waals surface area contributed by atoms with Crippen molar-refractivity contribution in [3.63, 3.8) is 0 Å². The fraction of sp³-hybridized carbons (Fsp3) is 0.312. The first kappa shape index (κ1) is 14.3. The Balaban J connectivity index is 1.88. The topological polar surface area (TPSA) is 58.9 Å². The Kier molecular flexibility index (Phi) is 4.58. The number of benzene rings is 1. The maximum atomic E-state index is 12.0. The third-order valence-electron chi connectivity index (χ3n) is 3.32. The van der Waals surface area contributed by atoms with Gasteiger partial charge in [0, 0.05) is 5.69 Å². The zero-order valence-electron chi connectivity index (χ0n) is 12.1. The molecule has 0 unspecified atom stereocenters. The number of furan rings is 1. The highest BCUT2D eigenvalue weighted by molar-refractivity contribution is 5.92. The van der Waals surface area contributed by atoms with Gasteiger partial charge in [-0.2, -0.15) is 0 Å². The number of rotatable bonds is 5. The maximum Gasteiger partial charge on any atom is 0.279 e. The van der Waals surface area contributed by atoms with Crippen molar-refractivity contribution in [2.24, 2.45) is 0 Å². The van der Waals surface area contributed by atoms with Gasteiger partial charge in [-0.15, -0.1) is 0 Å². The second-order valence-electron chi connectivity index (χ2n) is 5.11. The number of aryl methyl sites for hydroxylation is 2. The van der Waals surface area contributed by atoms with Gasteiger partial charge < -0.3 is 15.1 Å². The Morgan fingerprint density at radius 3 is 2.85 bits per heavy atom. The molecule has 4 nitrogen and oxygen atoms in total. The third-order valence-corrected chi connectivity index (χ3v) is 3.32.